The first-order valence-electron chi connectivity index (χ1n) is 6.61. The second-order valence-corrected chi connectivity index (χ2v) is 4.48. The molecule has 0 unspecified atom stereocenters. The van der Waals surface area contributed by atoms with Crippen LogP contribution in [0.25, 0.3) is 0 Å². The zero-order valence-corrected chi connectivity index (χ0v) is 11.4. The molecule has 0 aliphatic heterocycles. The average Bonchev–Trinajstić information content (AvgIpc) is 2.41. The predicted molar refractivity (Wildman–Crippen MR) is 72.1 cm³/mol. The fraction of sp³-hybridized carbons (Fsp3) is 0.438. The number of alkyl halides is 3. The van der Waals surface area contributed by atoms with Gasteiger partial charge in [-0.1, -0.05) is 18.8 Å². The highest BCUT2D eigenvalue weighted by Gasteiger charge is 2.29. The van der Waals surface area contributed by atoms with E-state index >= 15 is 0 Å². The van der Waals surface area contributed by atoms with E-state index in [1.54, 1.807) is 0 Å². The Labute approximate surface area is 117 Å². The van der Waals surface area contributed by atoms with Gasteiger partial charge in [0.25, 0.3) is 0 Å². The van der Waals surface area contributed by atoms with Crippen molar-refractivity contribution in [3.63, 3.8) is 0 Å². The molecular weight excluding hydrogens is 265 g/mol. The maximum atomic E-state index is 12.3. The maximum absolute atomic E-state index is 12.3. The molecule has 0 bridgehead atoms. The Morgan fingerprint density at radius 2 is 1.80 bits per heavy atom. The van der Waals surface area contributed by atoms with Gasteiger partial charge in [-0.25, -0.2) is 0 Å². The molecule has 0 atom stereocenters. The van der Waals surface area contributed by atoms with Gasteiger partial charge in [0.1, 0.15) is 5.78 Å². The lowest BCUT2D eigenvalue weighted by molar-refractivity contribution is -0.137. The lowest BCUT2D eigenvalue weighted by Crippen LogP contribution is -2.04. The predicted octanol–water partition coefficient (Wildman–Crippen LogP) is 4.60. The molecule has 0 aliphatic carbocycles. The minimum atomic E-state index is -4.31. The Hall–Kier alpha value is -1.76. The van der Waals surface area contributed by atoms with Crippen molar-refractivity contribution in [3.8, 4) is 11.8 Å². The van der Waals surface area contributed by atoms with Crippen LogP contribution >= 0.6 is 0 Å². The van der Waals surface area contributed by atoms with Crippen molar-refractivity contribution in [2.45, 2.75) is 45.2 Å². The van der Waals surface area contributed by atoms with Crippen molar-refractivity contribution in [2.24, 2.45) is 0 Å². The molecule has 0 saturated heterocycles. The molecule has 0 spiro atoms. The lowest BCUT2D eigenvalue weighted by atomic mass is 10.1. The second kappa shape index (κ2) is 7.74. The minimum absolute atomic E-state index is 0.251. The van der Waals surface area contributed by atoms with Crippen LogP contribution in [-0.2, 0) is 11.0 Å². The van der Waals surface area contributed by atoms with Crippen LogP contribution in [0.1, 0.15) is 50.2 Å². The molecule has 1 aromatic rings. The van der Waals surface area contributed by atoms with Crippen molar-refractivity contribution >= 4 is 5.78 Å². The third kappa shape index (κ3) is 5.92. The fourth-order valence-corrected chi connectivity index (χ4v) is 1.62. The molecule has 0 heterocycles. The summed E-state index contributed by atoms with van der Waals surface area (Å²) in [6.07, 6.45) is -0.862. The summed E-state index contributed by atoms with van der Waals surface area (Å²) in [5.41, 5.74) is -0.0937. The van der Waals surface area contributed by atoms with Gasteiger partial charge in [-0.05, 0) is 37.1 Å². The van der Waals surface area contributed by atoms with Gasteiger partial charge in [0.05, 0.1) is 5.56 Å². The highest BCUT2D eigenvalue weighted by Crippen LogP contribution is 2.28. The average molecular weight is 282 g/mol. The van der Waals surface area contributed by atoms with Crippen LogP contribution in [-0.4, -0.2) is 5.78 Å². The van der Waals surface area contributed by atoms with Crippen molar-refractivity contribution in [1.29, 1.82) is 0 Å². The van der Waals surface area contributed by atoms with Crippen LogP contribution in [0.15, 0.2) is 24.3 Å². The van der Waals surface area contributed by atoms with Gasteiger partial charge in [-0.2, -0.15) is 13.2 Å². The number of ketones is 1. The number of carbonyl (C=O) groups excluding carboxylic acids is 1. The SMILES string of the molecule is CCC(=O)CCCCC#Cc1ccc(C(F)(F)F)cc1. The van der Waals surface area contributed by atoms with E-state index in [0.29, 0.717) is 24.8 Å². The van der Waals surface area contributed by atoms with Gasteiger partial charge in [0, 0.05) is 24.8 Å². The van der Waals surface area contributed by atoms with Crippen LogP contribution in [0, 0.1) is 11.8 Å². The summed E-state index contributed by atoms with van der Waals surface area (Å²) in [6, 6.07) is 4.81. The smallest absolute Gasteiger partial charge is 0.300 e. The van der Waals surface area contributed by atoms with Gasteiger partial charge in [0.2, 0.25) is 0 Å². The largest absolute Gasteiger partial charge is 0.416 e. The number of Topliss-reactive ketones (excluding diaryl/α,β-unsaturated/α-hetero) is 1. The van der Waals surface area contributed by atoms with Gasteiger partial charge in [-0.15, -0.1) is 0 Å². The highest BCUT2D eigenvalue weighted by molar-refractivity contribution is 5.77. The Bertz CT molecular complexity index is 489. The third-order valence-electron chi connectivity index (χ3n) is 2.85. The zero-order valence-electron chi connectivity index (χ0n) is 11.4. The normalized spacial score (nSPS) is 10.8. The van der Waals surface area contributed by atoms with E-state index < -0.39 is 11.7 Å². The van der Waals surface area contributed by atoms with Crippen LogP contribution in [0.3, 0.4) is 0 Å². The molecule has 1 aromatic carbocycles. The van der Waals surface area contributed by atoms with E-state index in [0.717, 1.165) is 25.0 Å². The zero-order chi connectivity index (χ0) is 15.0. The number of rotatable bonds is 5. The van der Waals surface area contributed by atoms with E-state index in [1.165, 1.54) is 12.1 Å². The first kappa shape index (κ1) is 16.3. The van der Waals surface area contributed by atoms with E-state index in [2.05, 4.69) is 11.8 Å². The molecular formula is C16H17F3O. The number of benzene rings is 1. The molecule has 0 saturated carbocycles. The van der Waals surface area contributed by atoms with Crippen molar-refractivity contribution in [1.82, 2.24) is 0 Å². The van der Waals surface area contributed by atoms with Gasteiger partial charge >= 0.3 is 6.18 Å². The Morgan fingerprint density at radius 3 is 2.35 bits per heavy atom. The summed E-state index contributed by atoms with van der Waals surface area (Å²) in [5.74, 6) is 5.98. The molecule has 0 radical (unpaired) electrons. The van der Waals surface area contributed by atoms with Crippen molar-refractivity contribution < 1.29 is 18.0 Å². The first-order chi connectivity index (χ1) is 9.43. The molecule has 0 aliphatic rings. The van der Waals surface area contributed by atoms with Crippen LogP contribution in [0.2, 0.25) is 0 Å². The number of halogens is 3. The van der Waals surface area contributed by atoms with E-state index in [9.17, 15) is 18.0 Å². The molecule has 0 fully saturated rings. The van der Waals surface area contributed by atoms with Crippen LogP contribution in [0.5, 0.6) is 0 Å². The molecule has 108 valence electrons. The third-order valence-corrected chi connectivity index (χ3v) is 2.85. The molecule has 1 nitrogen and oxygen atoms in total. The molecule has 4 heteroatoms. The van der Waals surface area contributed by atoms with Crippen LogP contribution in [0.4, 0.5) is 13.2 Å². The summed E-state index contributed by atoms with van der Waals surface area (Å²) in [4.78, 5) is 11.1. The van der Waals surface area contributed by atoms with Gasteiger partial charge in [-0.3, -0.25) is 4.79 Å². The highest BCUT2D eigenvalue weighted by atomic mass is 19.4. The Morgan fingerprint density at radius 1 is 1.15 bits per heavy atom. The van der Waals surface area contributed by atoms with E-state index in [4.69, 9.17) is 0 Å². The molecule has 0 aromatic heterocycles. The topological polar surface area (TPSA) is 17.1 Å². The Balaban J connectivity index is 2.39. The lowest BCUT2D eigenvalue weighted by Gasteiger charge is -2.05. The fourth-order valence-electron chi connectivity index (χ4n) is 1.62. The molecule has 0 N–H and O–H groups in total. The molecule has 20 heavy (non-hydrogen) atoms. The van der Waals surface area contributed by atoms with E-state index in [-0.39, 0.29) is 5.78 Å². The summed E-state index contributed by atoms with van der Waals surface area (Å²) in [5, 5.41) is 0. The molecule has 0 amide bonds. The summed E-state index contributed by atoms with van der Waals surface area (Å²) in [7, 11) is 0. The first-order valence-corrected chi connectivity index (χ1v) is 6.61. The van der Waals surface area contributed by atoms with E-state index in [1.807, 2.05) is 6.92 Å². The van der Waals surface area contributed by atoms with Crippen molar-refractivity contribution in [2.75, 3.05) is 0 Å². The van der Waals surface area contributed by atoms with Crippen LogP contribution < -0.4 is 0 Å². The number of carbonyl (C=O) groups is 1. The minimum Gasteiger partial charge on any atom is -0.300 e. The quantitative estimate of drug-likeness (QED) is 0.570. The maximum Gasteiger partial charge on any atom is 0.416 e. The molecule has 1 rings (SSSR count). The van der Waals surface area contributed by atoms with Crippen molar-refractivity contribution in [3.05, 3.63) is 35.4 Å². The monoisotopic (exact) mass is 282 g/mol. The number of hydrogen-bond acceptors (Lipinski definition) is 1. The summed E-state index contributed by atoms with van der Waals surface area (Å²) >= 11 is 0. The number of hydrogen-bond donors (Lipinski definition) is 0. The number of unbranched alkanes of at least 4 members (excludes halogenated alkanes) is 2. The van der Waals surface area contributed by atoms with Gasteiger partial charge in [0.15, 0.2) is 0 Å². The standard InChI is InChI=1S/C16H17F3O/c1-2-15(20)8-6-4-3-5-7-13-9-11-14(12-10-13)16(17,18)19/h9-12H,2-4,6,8H2,1H3. The Kier molecular flexibility index (Phi) is 6.30. The van der Waals surface area contributed by atoms with Gasteiger partial charge < -0.3 is 0 Å². The summed E-state index contributed by atoms with van der Waals surface area (Å²) in [6.45, 7) is 1.84. The second-order valence-electron chi connectivity index (χ2n) is 4.48. The summed E-state index contributed by atoms with van der Waals surface area (Å²) < 4.78 is 37.0.